The van der Waals surface area contributed by atoms with Crippen molar-refractivity contribution < 1.29 is 22.7 Å². The smallest absolute Gasteiger partial charge is 0.241 e. The number of nitrogens with zero attached hydrogens (tertiary/aromatic N) is 1. The number of anilines is 1. The number of hydrogen-bond acceptors (Lipinski definition) is 5. The van der Waals surface area contributed by atoms with Gasteiger partial charge in [0.2, 0.25) is 15.9 Å². The van der Waals surface area contributed by atoms with Crippen LogP contribution in [0.2, 0.25) is 0 Å². The number of ether oxygens (including phenoxy) is 2. The Hall–Kier alpha value is -2.74. The van der Waals surface area contributed by atoms with Crippen molar-refractivity contribution in [1.29, 1.82) is 0 Å². The third-order valence-corrected chi connectivity index (χ3v) is 5.32. The van der Waals surface area contributed by atoms with Crippen LogP contribution in [-0.4, -0.2) is 40.3 Å². The van der Waals surface area contributed by atoms with Crippen molar-refractivity contribution in [2.75, 3.05) is 30.3 Å². The van der Waals surface area contributed by atoms with E-state index in [-0.39, 0.29) is 12.6 Å². The molecule has 1 atom stereocenters. The number of amides is 1. The molecule has 0 aliphatic rings. The zero-order valence-electron chi connectivity index (χ0n) is 17.2. The molecule has 0 aliphatic carbocycles. The first-order chi connectivity index (χ1) is 13.8. The fourth-order valence-corrected chi connectivity index (χ4v) is 3.70. The molecule has 0 radical (unpaired) electrons. The Morgan fingerprint density at radius 1 is 1.03 bits per heavy atom. The molecule has 0 heterocycles. The van der Waals surface area contributed by atoms with Gasteiger partial charge in [-0.2, -0.15) is 0 Å². The molecule has 7 nitrogen and oxygen atoms in total. The second kappa shape index (κ2) is 10.2. The third-order valence-electron chi connectivity index (χ3n) is 4.19. The summed E-state index contributed by atoms with van der Waals surface area (Å²) < 4.78 is 36.7. The first-order valence-electron chi connectivity index (χ1n) is 9.47. The minimum Gasteiger partial charge on any atom is -0.494 e. The highest BCUT2D eigenvalue weighted by Gasteiger charge is 2.24. The first-order valence-corrected chi connectivity index (χ1v) is 11.3. The molecule has 2 aromatic rings. The summed E-state index contributed by atoms with van der Waals surface area (Å²) in [7, 11) is -3.69. The summed E-state index contributed by atoms with van der Waals surface area (Å²) in [6.45, 7) is 6.18. The molecule has 1 N–H and O–H groups in total. The standard InChI is InChI=1S/C21H28N2O5S/c1-5-27-18-13-11-17(12-14-18)16(3)22-21(24)15-23(29(4,25)26)19-9-7-8-10-20(19)28-6-2/h7-14,16H,5-6,15H2,1-4H3,(H,22,24)/t16-/m0/s1. The molecule has 1 amide bonds. The van der Waals surface area contributed by atoms with Gasteiger partial charge in [0.15, 0.2) is 0 Å². The van der Waals surface area contributed by atoms with E-state index in [0.717, 1.165) is 21.9 Å². The summed E-state index contributed by atoms with van der Waals surface area (Å²) in [4.78, 5) is 12.6. The lowest BCUT2D eigenvalue weighted by atomic mass is 10.1. The number of rotatable bonds is 10. The molecule has 0 spiro atoms. The Bertz CT molecular complexity index is 913. The van der Waals surface area contributed by atoms with Crippen LogP contribution in [0.25, 0.3) is 0 Å². The van der Waals surface area contributed by atoms with Crippen molar-refractivity contribution in [2.24, 2.45) is 0 Å². The zero-order valence-corrected chi connectivity index (χ0v) is 18.0. The Labute approximate surface area is 172 Å². The number of nitrogens with one attached hydrogen (secondary N) is 1. The summed E-state index contributed by atoms with van der Waals surface area (Å²) in [5.74, 6) is 0.751. The van der Waals surface area contributed by atoms with Crippen molar-refractivity contribution in [3.05, 3.63) is 54.1 Å². The molecular weight excluding hydrogens is 392 g/mol. The summed E-state index contributed by atoms with van der Waals surface area (Å²) >= 11 is 0. The fourth-order valence-electron chi connectivity index (χ4n) is 2.84. The molecule has 158 valence electrons. The SMILES string of the molecule is CCOc1ccc([C@H](C)NC(=O)CN(c2ccccc2OCC)S(C)(=O)=O)cc1. The van der Waals surface area contributed by atoms with Gasteiger partial charge in [-0.15, -0.1) is 0 Å². The molecule has 0 unspecified atom stereocenters. The number of para-hydroxylation sites is 2. The Balaban J connectivity index is 2.15. The predicted octanol–water partition coefficient (Wildman–Crippen LogP) is 3.13. The van der Waals surface area contributed by atoms with Gasteiger partial charge >= 0.3 is 0 Å². The highest BCUT2D eigenvalue weighted by Crippen LogP contribution is 2.29. The minimum absolute atomic E-state index is 0.290. The Kier molecular flexibility index (Phi) is 7.90. The fraction of sp³-hybridized carbons (Fsp3) is 0.381. The summed E-state index contributed by atoms with van der Waals surface area (Å²) in [6, 6.07) is 13.9. The third kappa shape index (κ3) is 6.39. The van der Waals surface area contributed by atoms with Gasteiger partial charge in [-0.05, 0) is 50.6 Å². The molecule has 2 aromatic carbocycles. The van der Waals surface area contributed by atoms with E-state index in [2.05, 4.69) is 5.32 Å². The van der Waals surface area contributed by atoms with E-state index in [0.29, 0.717) is 24.7 Å². The summed E-state index contributed by atoms with van der Waals surface area (Å²) in [5, 5.41) is 2.84. The van der Waals surface area contributed by atoms with E-state index in [1.54, 1.807) is 24.3 Å². The monoisotopic (exact) mass is 420 g/mol. The van der Waals surface area contributed by atoms with Crippen molar-refractivity contribution in [1.82, 2.24) is 5.32 Å². The van der Waals surface area contributed by atoms with Crippen LogP contribution in [0.4, 0.5) is 5.69 Å². The maximum Gasteiger partial charge on any atom is 0.241 e. The van der Waals surface area contributed by atoms with Crippen LogP contribution in [0.3, 0.4) is 0 Å². The molecule has 0 aromatic heterocycles. The number of sulfonamides is 1. The first kappa shape index (κ1) is 22.5. The highest BCUT2D eigenvalue weighted by atomic mass is 32.2. The lowest BCUT2D eigenvalue weighted by Gasteiger charge is -2.25. The number of benzene rings is 2. The molecule has 8 heteroatoms. The Morgan fingerprint density at radius 2 is 1.66 bits per heavy atom. The molecule has 0 aliphatic heterocycles. The van der Waals surface area contributed by atoms with E-state index >= 15 is 0 Å². The van der Waals surface area contributed by atoms with Crippen LogP contribution in [0.15, 0.2) is 48.5 Å². The Morgan fingerprint density at radius 3 is 2.24 bits per heavy atom. The van der Waals surface area contributed by atoms with Crippen molar-refractivity contribution in [2.45, 2.75) is 26.8 Å². The molecule has 0 bridgehead atoms. The van der Waals surface area contributed by atoms with Gasteiger partial charge in [-0.1, -0.05) is 24.3 Å². The van der Waals surface area contributed by atoms with Gasteiger partial charge in [-0.3, -0.25) is 9.10 Å². The van der Waals surface area contributed by atoms with E-state index in [4.69, 9.17) is 9.47 Å². The van der Waals surface area contributed by atoms with Crippen LogP contribution >= 0.6 is 0 Å². The maximum absolute atomic E-state index is 12.6. The summed E-state index contributed by atoms with van der Waals surface area (Å²) in [6.07, 6.45) is 1.07. The van der Waals surface area contributed by atoms with E-state index in [1.165, 1.54) is 0 Å². The van der Waals surface area contributed by atoms with E-state index in [9.17, 15) is 13.2 Å². The molecule has 0 fully saturated rings. The molecule has 29 heavy (non-hydrogen) atoms. The lowest BCUT2D eigenvalue weighted by molar-refractivity contribution is -0.120. The average Bonchev–Trinajstić information content (AvgIpc) is 2.67. The van der Waals surface area contributed by atoms with Crippen LogP contribution in [0, 0.1) is 0 Å². The van der Waals surface area contributed by atoms with Gasteiger partial charge in [0.25, 0.3) is 0 Å². The molecule has 0 saturated heterocycles. The van der Waals surface area contributed by atoms with Gasteiger partial charge in [0.1, 0.15) is 18.0 Å². The van der Waals surface area contributed by atoms with Crippen LogP contribution in [-0.2, 0) is 14.8 Å². The maximum atomic E-state index is 12.6. The second-order valence-corrected chi connectivity index (χ2v) is 8.37. The van der Waals surface area contributed by atoms with Gasteiger partial charge in [0.05, 0.1) is 31.2 Å². The highest BCUT2D eigenvalue weighted by molar-refractivity contribution is 7.92. The quantitative estimate of drug-likeness (QED) is 0.638. The van der Waals surface area contributed by atoms with Gasteiger partial charge < -0.3 is 14.8 Å². The van der Waals surface area contributed by atoms with Gasteiger partial charge in [-0.25, -0.2) is 8.42 Å². The summed E-state index contributed by atoms with van der Waals surface area (Å²) in [5.41, 5.74) is 1.23. The van der Waals surface area contributed by atoms with E-state index < -0.39 is 15.9 Å². The van der Waals surface area contributed by atoms with Crippen LogP contribution in [0.1, 0.15) is 32.4 Å². The normalized spacial score (nSPS) is 12.1. The van der Waals surface area contributed by atoms with E-state index in [1.807, 2.05) is 45.0 Å². The van der Waals surface area contributed by atoms with Crippen molar-refractivity contribution >= 4 is 21.6 Å². The van der Waals surface area contributed by atoms with Gasteiger partial charge in [0, 0.05) is 0 Å². The number of hydrogen-bond donors (Lipinski definition) is 1. The van der Waals surface area contributed by atoms with Crippen molar-refractivity contribution in [3.8, 4) is 11.5 Å². The van der Waals surface area contributed by atoms with Crippen LogP contribution in [0.5, 0.6) is 11.5 Å². The van der Waals surface area contributed by atoms with Crippen LogP contribution < -0.4 is 19.1 Å². The number of carbonyl (C=O) groups excluding carboxylic acids is 1. The second-order valence-electron chi connectivity index (χ2n) is 6.46. The minimum atomic E-state index is -3.69. The molecular formula is C21H28N2O5S. The largest absolute Gasteiger partial charge is 0.494 e. The zero-order chi connectivity index (χ0) is 21.4. The lowest BCUT2D eigenvalue weighted by Crippen LogP contribution is -2.41. The average molecular weight is 421 g/mol. The molecule has 2 rings (SSSR count). The predicted molar refractivity (Wildman–Crippen MR) is 114 cm³/mol. The van der Waals surface area contributed by atoms with Crippen molar-refractivity contribution in [3.63, 3.8) is 0 Å². The topological polar surface area (TPSA) is 84.9 Å². The molecule has 0 saturated carbocycles. The number of carbonyl (C=O) groups is 1.